The Labute approximate surface area is 167 Å². The lowest BCUT2D eigenvalue weighted by atomic mass is 10.2. The number of alkyl halides is 3. The van der Waals surface area contributed by atoms with Crippen molar-refractivity contribution >= 4 is 29.1 Å². The normalized spacial score (nSPS) is 16.0. The first-order chi connectivity index (χ1) is 13.7. The fourth-order valence-electron chi connectivity index (χ4n) is 3.06. The molecule has 0 aliphatic heterocycles. The Morgan fingerprint density at radius 1 is 1.38 bits per heavy atom. The third-order valence-corrected chi connectivity index (χ3v) is 5.88. The molecule has 1 fully saturated rings. The van der Waals surface area contributed by atoms with Crippen LogP contribution in [0.25, 0.3) is 17.6 Å². The highest BCUT2D eigenvalue weighted by atomic mass is 32.2. The average molecular weight is 427 g/mol. The number of allylic oxidation sites excluding steroid dienone is 1. The van der Waals surface area contributed by atoms with Crippen molar-refractivity contribution < 1.29 is 22.2 Å². The SMILES string of the molecule is CCS(=O)c1ccc(N)nc1-c1nc(/C=C(\NC=O)C(F)(F)F)c(C2CC2)n1C. The van der Waals surface area contributed by atoms with Crippen molar-refractivity contribution in [3.63, 3.8) is 0 Å². The molecule has 1 unspecified atom stereocenters. The number of nitrogen functional groups attached to an aromatic ring is 1. The number of hydrogen-bond donors (Lipinski definition) is 2. The Bertz CT molecular complexity index is 996. The van der Waals surface area contributed by atoms with E-state index in [4.69, 9.17) is 5.73 Å². The van der Waals surface area contributed by atoms with Crippen LogP contribution in [0, 0.1) is 0 Å². The molecule has 2 aromatic heterocycles. The number of hydrogen-bond acceptors (Lipinski definition) is 5. The third-order valence-electron chi connectivity index (χ3n) is 4.53. The van der Waals surface area contributed by atoms with E-state index in [1.807, 2.05) is 0 Å². The van der Waals surface area contributed by atoms with Gasteiger partial charge in [0.1, 0.15) is 17.2 Å². The van der Waals surface area contributed by atoms with Gasteiger partial charge in [0.25, 0.3) is 0 Å². The van der Waals surface area contributed by atoms with Crippen LogP contribution in [-0.2, 0) is 22.6 Å². The molecule has 3 N–H and O–H groups in total. The van der Waals surface area contributed by atoms with Crippen LogP contribution in [0.4, 0.5) is 19.0 Å². The van der Waals surface area contributed by atoms with Gasteiger partial charge >= 0.3 is 6.18 Å². The van der Waals surface area contributed by atoms with Crippen LogP contribution < -0.4 is 11.1 Å². The van der Waals surface area contributed by atoms with Crippen molar-refractivity contribution in [2.45, 2.75) is 36.8 Å². The fourth-order valence-corrected chi connectivity index (χ4v) is 3.94. The molecule has 156 valence electrons. The maximum Gasteiger partial charge on any atom is 0.431 e. The van der Waals surface area contributed by atoms with Crippen molar-refractivity contribution in [1.82, 2.24) is 19.9 Å². The highest BCUT2D eigenvalue weighted by Gasteiger charge is 2.36. The summed E-state index contributed by atoms with van der Waals surface area (Å²) < 4.78 is 53.8. The summed E-state index contributed by atoms with van der Waals surface area (Å²) in [6, 6.07) is 3.11. The molecule has 1 aliphatic rings. The van der Waals surface area contributed by atoms with E-state index in [-0.39, 0.29) is 35.4 Å². The number of nitrogens with zero attached hydrogens (tertiary/aromatic N) is 3. The Kier molecular flexibility index (Phi) is 5.78. The number of anilines is 1. The molecule has 29 heavy (non-hydrogen) atoms. The molecule has 2 heterocycles. The predicted molar refractivity (Wildman–Crippen MR) is 103 cm³/mol. The Hall–Kier alpha value is -2.69. The zero-order valence-corrected chi connectivity index (χ0v) is 16.6. The molecule has 2 aromatic rings. The lowest BCUT2D eigenvalue weighted by molar-refractivity contribution is -0.116. The molecule has 11 heteroatoms. The van der Waals surface area contributed by atoms with E-state index in [0.29, 0.717) is 16.3 Å². The maximum atomic E-state index is 13.2. The Morgan fingerprint density at radius 2 is 2.07 bits per heavy atom. The number of nitrogens with two attached hydrogens (primary N) is 1. The molecule has 1 saturated carbocycles. The molecule has 0 bridgehead atoms. The second-order valence-electron chi connectivity index (χ2n) is 6.57. The van der Waals surface area contributed by atoms with Gasteiger partial charge in [-0.15, -0.1) is 0 Å². The molecule has 3 rings (SSSR count). The number of nitrogens with one attached hydrogen (secondary N) is 1. The number of pyridine rings is 1. The predicted octanol–water partition coefficient (Wildman–Crippen LogP) is 2.72. The molecular weight excluding hydrogens is 407 g/mol. The molecular formula is C18H20F3N5O2S. The Morgan fingerprint density at radius 3 is 2.62 bits per heavy atom. The monoisotopic (exact) mass is 427 g/mol. The van der Waals surface area contributed by atoms with Crippen LogP contribution in [0.15, 0.2) is 22.7 Å². The Balaban J connectivity index is 2.22. The second kappa shape index (κ2) is 7.97. The number of aromatic nitrogens is 3. The van der Waals surface area contributed by atoms with Crippen molar-refractivity contribution in [3.8, 4) is 11.5 Å². The fraction of sp³-hybridized carbons (Fsp3) is 0.389. The van der Waals surface area contributed by atoms with Gasteiger partial charge in [0.05, 0.1) is 21.4 Å². The third kappa shape index (κ3) is 4.34. The van der Waals surface area contributed by atoms with E-state index in [1.54, 1.807) is 29.9 Å². The number of imidazole rings is 1. The lowest BCUT2D eigenvalue weighted by Gasteiger charge is -2.10. The summed E-state index contributed by atoms with van der Waals surface area (Å²) in [6.45, 7) is 1.75. The van der Waals surface area contributed by atoms with E-state index in [0.717, 1.165) is 18.9 Å². The minimum atomic E-state index is -4.75. The summed E-state index contributed by atoms with van der Waals surface area (Å²) in [5, 5.41) is 1.70. The van der Waals surface area contributed by atoms with Crippen molar-refractivity contribution in [1.29, 1.82) is 0 Å². The molecule has 0 saturated heterocycles. The van der Waals surface area contributed by atoms with Gasteiger partial charge < -0.3 is 15.6 Å². The van der Waals surface area contributed by atoms with Crippen LogP contribution in [-0.4, -0.2) is 37.1 Å². The zero-order valence-electron chi connectivity index (χ0n) is 15.8. The molecule has 0 aromatic carbocycles. The summed E-state index contributed by atoms with van der Waals surface area (Å²) in [7, 11) is 0.313. The standard InChI is InChI=1S/C18H20F3N5O2S/c1-3-29(28)12-6-7-14(22)25-15(12)17-24-11(16(26(17)2)10-4-5-10)8-13(23-9-27)18(19,20)21/h6-10H,3-5H2,1-2H3,(H2,22,25)(H,23,27)/b13-8-. The first kappa shape index (κ1) is 21.0. The summed E-state index contributed by atoms with van der Waals surface area (Å²) in [5.74, 6) is 0.852. The zero-order chi connectivity index (χ0) is 21.3. The topological polar surface area (TPSA) is 103 Å². The quantitative estimate of drug-likeness (QED) is 0.662. The van der Waals surface area contributed by atoms with E-state index >= 15 is 0 Å². The second-order valence-corrected chi connectivity index (χ2v) is 8.28. The molecule has 1 atom stereocenters. The number of carbonyl (C=O) groups excluding carboxylic acids is 1. The van der Waals surface area contributed by atoms with Crippen molar-refractivity contribution in [2.24, 2.45) is 7.05 Å². The lowest BCUT2D eigenvalue weighted by Crippen LogP contribution is -2.25. The van der Waals surface area contributed by atoms with Gasteiger partial charge in [-0.05, 0) is 31.1 Å². The van der Waals surface area contributed by atoms with Gasteiger partial charge in [-0.1, -0.05) is 6.92 Å². The highest BCUT2D eigenvalue weighted by Crippen LogP contribution is 2.44. The first-order valence-corrected chi connectivity index (χ1v) is 10.2. The van der Waals surface area contributed by atoms with Gasteiger partial charge in [0, 0.05) is 24.4 Å². The molecule has 0 radical (unpaired) electrons. The van der Waals surface area contributed by atoms with E-state index in [9.17, 15) is 22.2 Å². The van der Waals surface area contributed by atoms with Crippen LogP contribution in [0.5, 0.6) is 0 Å². The number of amides is 1. The van der Waals surface area contributed by atoms with Crippen LogP contribution in [0.3, 0.4) is 0 Å². The van der Waals surface area contributed by atoms with E-state index in [2.05, 4.69) is 9.97 Å². The molecule has 7 nitrogen and oxygen atoms in total. The molecule has 1 aliphatic carbocycles. The average Bonchev–Trinajstić information content (AvgIpc) is 3.43. The van der Waals surface area contributed by atoms with Gasteiger partial charge in [0.2, 0.25) is 6.41 Å². The van der Waals surface area contributed by atoms with Crippen LogP contribution >= 0.6 is 0 Å². The molecule has 0 spiro atoms. The van der Waals surface area contributed by atoms with Gasteiger partial charge in [-0.3, -0.25) is 9.00 Å². The van der Waals surface area contributed by atoms with Gasteiger partial charge in [-0.2, -0.15) is 13.2 Å². The molecule has 1 amide bonds. The van der Waals surface area contributed by atoms with Gasteiger partial charge in [-0.25, -0.2) is 9.97 Å². The summed E-state index contributed by atoms with van der Waals surface area (Å²) in [6.07, 6.45) is -2.32. The number of halogens is 3. The number of carbonyl (C=O) groups is 1. The van der Waals surface area contributed by atoms with E-state index < -0.39 is 22.7 Å². The minimum absolute atomic E-state index is 0.0259. The summed E-state index contributed by atoms with van der Waals surface area (Å²) in [4.78, 5) is 19.7. The van der Waals surface area contributed by atoms with Gasteiger partial charge in [0.15, 0.2) is 5.82 Å². The number of rotatable bonds is 7. The smallest absolute Gasteiger partial charge is 0.384 e. The largest absolute Gasteiger partial charge is 0.431 e. The van der Waals surface area contributed by atoms with E-state index in [1.165, 1.54) is 6.07 Å². The van der Waals surface area contributed by atoms with Crippen LogP contribution in [0.2, 0.25) is 0 Å². The first-order valence-electron chi connectivity index (χ1n) is 8.88. The summed E-state index contributed by atoms with van der Waals surface area (Å²) in [5.41, 5.74) is 5.54. The highest BCUT2D eigenvalue weighted by molar-refractivity contribution is 7.85. The van der Waals surface area contributed by atoms with Crippen molar-refractivity contribution in [2.75, 3.05) is 11.5 Å². The minimum Gasteiger partial charge on any atom is -0.384 e. The summed E-state index contributed by atoms with van der Waals surface area (Å²) >= 11 is 0. The maximum absolute atomic E-state index is 13.2. The van der Waals surface area contributed by atoms with Crippen molar-refractivity contribution in [3.05, 3.63) is 29.2 Å². The van der Waals surface area contributed by atoms with Crippen LogP contribution in [0.1, 0.15) is 37.1 Å².